The van der Waals surface area contributed by atoms with E-state index in [1.165, 1.54) is 66.0 Å². The summed E-state index contributed by atoms with van der Waals surface area (Å²) in [5.74, 6) is 0. The Bertz CT molecular complexity index is 2830. The predicted octanol–water partition coefficient (Wildman–Crippen LogP) is 14.4. The number of anilines is 3. The van der Waals surface area contributed by atoms with Crippen LogP contribution in [0.25, 0.3) is 71.6 Å². The molecule has 0 amide bonds. The van der Waals surface area contributed by atoms with Crippen molar-refractivity contribution in [3.63, 3.8) is 0 Å². The van der Waals surface area contributed by atoms with Gasteiger partial charge in [0.15, 0.2) is 0 Å². The maximum absolute atomic E-state index is 2.37. The van der Waals surface area contributed by atoms with Crippen molar-refractivity contribution in [3.05, 3.63) is 218 Å². The number of benzene rings is 9. The molecule has 0 saturated carbocycles. The SMILES string of the molecule is c1ccc(-c2cccc3c(N(c4ccccc4)c4ccc(-c5ccc(-c6ccc(-n7c8ccccc8c8ccccc87)cc6)cc5)cc4)cccc23)cc1. The third-order valence-corrected chi connectivity index (χ3v) is 10.6. The molecule has 0 radical (unpaired) electrons. The van der Waals surface area contributed by atoms with E-state index in [1.807, 2.05) is 0 Å². The first-order valence-electron chi connectivity index (χ1n) is 18.5. The van der Waals surface area contributed by atoms with Crippen LogP contribution in [0.4, 0.5) is 17.1 Å². The standard InChI is InChI=1S/C52H36N2/c1-3-13-41(14-4-1)45-19-11-21-47-46(45)20-12-24-50(47)53(42-15-5-2-6-16-42)43-33-29-39(30-34-43)37-25-27-38(28-26-37)40-31-35-44(36-32-40)54-51-22-9-7-17-48(51)49-18-8-10-23-52(49)54/h1-36H. The summed E-state index contributed by atoms with van der Waals surface area (Å²) in [5, 5.41) is 5.00. The molecule has 0 spiro atoms. The van der Waals surface area contributed by atoms with Crippen LogP contribution in [0.2, 0.25) is 0 Å². The van der Waals surface area contributed by atoms with Crippen LogP contribution in [0.3, 0.4) is 0 Å². The highest BCUT2D eigenvalue weighted by Gasteiger charge is 2.17. The van der Waals surface area contributed by atoms with Crippen molar-refractivity contribution in [1.82, 2.24) is 4.57 Å². The van der Waals surface area contributed by atoms with Gasteiger partial charge in [0.1, 0.15) is 0 Å². The lowest BCUT2D eigenvalue weighted by atomic mass is 9.96. The molecular formula is C52H36N2. The van der Waals surface area contributed by atoms with Crippen molar-refractivity contribution in [2.75, 3.05) is 4.90 Å². The lowest BCUT2D eigenvalue weighted by Gasteiger charge is -2.27. The van der Waals surface area contributed by atoms with Crippen molar-refractivity contribution in [3.8, 4) is 39.1 Å². The average molecular weight is 689 g/mol. The predicted molar refractivity (Wildman–Crippen MR) is 229 cm³/mol. The van der Waals surface area contributed by atoms with E-state index < -0.39 is 0 Å². The number of hydrogen-bond donors (Lipinski definition) is 0. The van der Waals surface area contributed by atoms with E-state index in [4.69, 9.17) is 0 Å². The molecule has 0 unspecified atom stereocenters. The number of rotatable bonds is 7. The Morgan fingerprint density at radius 2 is 0.722 bits per heavy atom. The van der Waals surface area contributed by atoms with Gasteiger partial charge in [-0.2, -0.15) is 0 Å². The van der Waals surface area contributed by atoms with Gasteiger partial charge in [-0.1, -0.05) is 164 Å². The van der Waals surface area contributed by atoms with Gasteiger partial charge in [-0.25, -0.2) is 0 Å². The molecular weight excluding hydrogens is 653 g/mol. The van der Waals surface area contributed by atoms with E-state index in [1.54, 1.807) is 0 Å². The van der Waals surface area contributed by atoms with E-state index >= 15 is 0 Å². The number of hydrogen-bond acceptors (Lipinski definition) is 1. The molecule has 2 nitrogen and oxygen atoms in total. The second kappa shape index (κ2) is 13.4. The number of nitrogens with zero attached hydrogens (tertiary/aromatic N) is 2. The Morgan fingerprint density at radius 1 is 0.278 bits per heavy atom. The second-order valence-electron chi connectivity index (χ2n) is 13.8. The van der Waals surface area contributed by atoms with Gasteiger partial charge in [0.25, 0.3) is 0 Å². The maximum Gasteiger partial charge on any atom is 0.0541 e. The summed E-state index contributed by atoms with van der Waals surface area (Å²) < 4.78 is 2.36. The Labute approximate surface area is 315 Å². The fraction of sp³-hybridized carbons (Fsp3) is 0. The van der Waals surface area contributed by atoms with Gasteiger partial charge < -0.3 is 9.47 Å². The number of aromatic nitrogens is 1. The molecule has 0 saturated heterocycles. The summed E-state index contributed by atoms with van der Waals surface area (Å²) in [7, 11) is 0. The minimum atomic E-state index is 1.11. The zero-order chi connectivity index (χ0) is 35.8. The van der Waals surface area contributed by atoms with Gasteiger partial charge in [-0.3, -0.25) is 0 Å². The van der Waals surface area contributed by atoms with Crippen molar-refractivity contribution >= 4 is 49.6 Å². The molecule has 0 aliphatic rings. The molecule has 0 aliphatic carbocycles. The molecule has 54 heavy (non-hydrogen) atoms. The largest absolute Gasteiger partial charge is 0.310 e. The monoisotopic (exact) mass is 688 g/mol. The molecule has 0 fully saturated rings. The summed E-state index contributed by atoms with van der Waals surface area (Å²) in [6.07, 6.45) is 0. The minimum absolute atomic E-state index is 1.11. The summed E-state index contributed by atoms with van der Waals surface area (Å²) in [5.41, 5.74) is 14.2. The third-order valence-electron chi connectivity index (χ3n) is 10.6. The first-order chi connectivity index (χ1) is 26.8. The molecule has 0 atom stereocenters. The van der Waals surface area contributed by atoms with Gasteiger partial charge in [-0.15, -0.1) is 0 Å². The fourth-order valence-electron chi connectivity index (χ4n) is 8.02. The van der Waals surface area contributed by atoms with Gasteiger partial charge in [0, 0.05) is 33.2 Å². The van der Waals surface area contributed by atoms with E-state index in [9.17, 15) is 0 Å². The normalized spacial score (nSPS) is 11.3. The summed E-state index contributed by atoms with van der Waals surface area (Å²) >= 11 is 0. The quantitative estimate of drug-likeness (QED) is 0.162. The Balaban J connectivity index is 0.956. The minimum Gasteiger partial charge on any atom is -0.310 e. The van der Waals surface area contributed by atoms with Crippen LogP contribution in [-0.2, 0) is 0 Å². The van der Waals surface area contributed by atoms with Gasteiger partial charge in [-0.05, 0) is 93.4 Å². The highest BCUT2D eigenvalue weighted by atomic mass is 15.1. The maximum atomic E-state index is 2.37. The van der Waals surface area contributed by atoms with Gasteiger partial charge >= 0.3 is 0 Å². The topological polar surface area (TPSA) is 8.17 Å². The van der Waals surface area contributed by atoms with Crippen LogP contribution in [0.1, 0.15) is 0 Å². The van der Waals surface area contributed by atoms with Crippen molar-refractivity contribution in [2.45, 2.75) is 0 Å². The molecule has 0 aliphatic heterocycles. The van der Waals surface area contributed by atoms with E-state index in [0.29, 0.717) is 0 Å². The highest BCUT2D eigenvalue weighted by molar-refractivity contribution is 6.09. The first-order valence-corrected chi connectivity index (χ1v) is 18.5. The summed E-state index contributed by atoms with van der Waals surface area (Å²) in [4.78, 5) is 2.37. The Morgan fingerprint density at radius 3 is 1.33 bits per heavy atom. The molecule has 0 N–H and O–H groups in total. The van der Waals surface area contributed by atoms with E-state index in [2.05, 4.69) is 228 Å². The van der Waals surface area contributed by atoms with Crippen LogP contribution in [0, 0.1) is 0 Å². The summed E-state index contributed by atoms with van der Waals surface area (Å²) in [6, 6.07) is 78.7. The van der Waals surface area contributed by atoms with Crippen LogP contribution in [-0.4, -0.2) is 4.57 Å². The van der Waals surface area contributed by atoms with Crippen LogP contribution < -0.4 is 4.90 Å². The zero-order valence-electron chi connectivity index (χ0n) is 29.7. The first kappa shape index (κ1) is 31.6. The van der Waals surface area contributed by atoms with Crippen LogP contribution in [0.15, 0.2) is 218 Å². The fourth-order valence-corrected chi connectivity index (χ4v) is 8.02. The molecule has 10 aromatic rings. The molecule has 10 rings (SSSR count). The zero-order valence-corrected chi connectivity index (χ0v) is 29.7. The van der Waals surface area contributed by atoms with Gasteiger partial charge in [0.05, 0.1) is 16.7 Å². The number of para-hydroxylation sites is 3. The van der Waals surface area contributed by atoms with Crippen molar-refractivity contribution < 1.29 is 0 Å². The molecule has 1 aromatic heterocycles. The van der Waals surface area contributed by atoms with E-state index in [0.717, 1.165) is 22.7 Å². The smallest absolute Gasteiger partial charge is 0.0541 e. The lowest BCUT2D eigenvalue weighted by molar-refractivity contribution is 1.18. The Kier molecular flexibility index (Phi) is 7.85. The lowest BCUT2D eigenvalue weighted by Crippen LogP contribution is -2.10. The van der Waals surface area contributed by atoms with Gasteiger partial charge in [0.2, 0.25) is 0 Å². The van der Waals surface area contributed by atoms with Crippen molar-refractivity contribution in [2.24, 2.45) is 0 Å². The molecule has 254 valence electrons. The van der Waals surface area contributed by atoms with Crippen LogP contribution >= 0.6 is 0 Å². The molecule has 0 bridgehead atoms. The molecule has 9 aromatic carbocycles. The van der Waals surface area contributed by atoms with E-state index in [-0.39, 0.29) is 0 Å². The Hall–Kier alpha value is -7.16. The average Bonchev–Trinajstić information content (AvgIpc) is 3.59. The highest BCUT2D eigenvalue weighted by Crippen LogP contribution is 2.42. The molecule has 2 heteroatoms. The van der Waals surface area contributed by atoms with Crippen molar-refractivity contribution in [1.29, 1.82) is 0 Å². The third kappa shape index (κ3) is 5.53. The number of fused-ring (bicyclic) bond motifs is 4. The second-order valence-corrected chi connectivity index (χ2v) is 13.8. The summed E-state index contributed by atoms with van der Waals surface area (Å²) in [6.45, 7) is 0. The molecule has 1 heterocycles. The van der Waals surface area contributed by atoms with Crippen LogP contribution in [0.5, 0.6) is 0 Å².